The van der Waals surface area contributed by atoms with Crippen molar-refractivity contribution in [2.45, 2.75) is 57.9 Å². The molecule has 1 aliphatic carbocycles. The van der Waals surface area contributed by atoms with Gasteiger partial charge in [0, 0.05) is 26.1 Å². The van der Waals surface area contributed by atoms with E-state index in [0.717, 1.165) is 12.5 Å². The molecular weight excluding hydrogens is 200 g/mol. The molecule has 0 heterocycles. The summed E-state index contributed by atoms with van der Waals surface area (Å²) in [6.07, 6.45) is 8.69. The summed E-state index contributed by atoms with van der Waals surface area (Å²) in [5.41, 5.74) is 0. The molecule has 1 fully saturated rings. The van der Waals surface area contributed by atoms with Gasteiger partial charge in [0.05, 0.1) is 0 Å². The summed E-state index contributed by atoms with van der Waals surface area (Å²) in [5, 5.41) is 6.20. The first kappa shape index (κ1) is 13.5. The third-order valence-electron chi connectivity index (χ3n) is 3.70. The average molecular weight is 226 g/mol. The molecule has 0 radical (unpaired) electrons. The molecule has 1 atom stereocenters. The van der Waals surface area contributed by atoms with Gasteiger partial charge in [-0.25, -0.2) is 0 Å². The van der Waals surface area contributed by atoms with Crippen molar-refractivity contribution in [3.05, 3.63) is 0 Å². The maximum Gasteiger partial charge on any atom is 0.221 e. The van der Waals surface area contributed by atoms with Gasteiger partial charge in [-0.3, -0.25) is 4.79 Å². The Balaban J connectivity index is 2.22. The second-order valence-electron chi connectivity index (χ2n) is 4.79. The molecule has 1 rings (SSSR count). The summed E-state index contributed by atoms with van der Waals surface area (Å²) in [5.74, 6) is 0.967. The number of carbonyl (C=O) groups is 1. The first-order valence-corrected chi connectivity index (χ1v) is 6.72. The highest BCUT2D eigenvalue weighted by Gasteiger charge is 2.21. The zero-order valence-corrected chi connectivity index (χ0v) is 10.7. The molecule has 16 heavy (non-hydrogen) atoms. The molecule has 0 bridgehead atoms. The van der Waals surface area contributed by atoms with Gasteiger partial charge >= 0.3 is 0 Å². The SMILES string of the molecule is CCC(NCCC(=O)NC)C1CCCCC1. The van der Waals surface area contributed by atoms with Crippen LogP contribution in [0.2, 0.25) is 0 Å². The second-order valence-corrected chi connectivity index (χ2v) is 4.79. The summed E-state index contributed by atoms with van der Waals surface area (Å²) in [7, 11) is 1.70. The summed E-state index contributed by atoms with van der Waals surface area (Å²) in [6.45, 7) is 3.06. The van der Waals surface area contributed by atoms with Crippen LogP contribution in [0, 0.1) is 5.92 Å². The molecule has 0 aromatic heterocycles. The zero-order valence-electron chi connectivity index (χ0n) is 10.7. The standard InChI is InChI=1S/C13H26N2O/c1-3-12(11-7-5-4-6-8-11)15-10-9-13(16)14-2/h11-12,15H,3-10H2,1-2H3,(H,14,16). The molecule has 3 heteroatoms. The van der Waals surface area contributed by atoms with E-state index < -0.39 is 0 Å². The van der Waals surface area contributed by atoms with Crippen LogP contribution in [-0.4, -0.2) is 25.5 Å². The lowest BCUT2D eigenvalue weighted by atomic mass is 9.83. The molecule has 2 N–H and O–H groups in total. The predicted molar refractivity (Wildman–Crippen MR) is 67.3 cm³/mol. The lowest BCUT2D eigenvalue weighted by molar-refractivity contribution is -0.120. The van der Waals surface area contributed by atoms with Crippen LogP contribution in [0.1, 0.15) is 51.9 Å². The number of carbonyl (C=O) groups excluding carboxylic acids is 1. The molecule has 0 aromatic rings. The fraction of sp³-hybridized carbons (Fsp3) is 0.923. The van der Waals surface area contributed by atoms with Crippen molar-refractivity contribution >= 4 is 5.91 Å². The van der Waals surface area contributed by atoms with Crippen LogP contribution >= 0.6 is 0 Å². The van der Waals surface area contributed by atoms with Crippen molar-refractivity contribution in [3.8, 4) is 0 Å². The van der Waals surface area contributed by atoms with Gasteiger partial charge in [0.1, 0.15) is 0 Å². The highest BCUT2D eigenvalue weighted by atomic mass is 16.1. The second kappa shape index (κ2) is 7.66. The van der Waals surface area contributed by atoms with E-state index in [0.29, 0.717) is 12.5 Å². The fourth-order valence-electron chi connectivity index (χ4n) is 2.68. The molecule has 1 aliphatic rings. The van der Waals surface area contributed by atoms with Gasteiger partial charge in [-0.1, -0.05) is 26.2 Å². The Bertz CT molecular complexity index is 200. The molecule has 0 aromatic carbocycles. The summed E-state index contributed by atoms with van der Waals surface area (Å²) >= 11 is 0. The molecule has 0 saturated heterocycles. The molecule has 1 unspecified atom stereocenters. The van der Waals surface area contributed by atoms with Gasteiger partial charge in [-0.2, -0.15) is 0 Å². The van der Waals surface area contributed by atoms with Crippen LogP contribution < -0.4 is 10.6 Å². The van der Waals surface area contributed by atoms with Gasteiger partial charge < -0.3 is 10.6 Å². The summed E-state index contributed by atoms with van der Waals surface area (Å²) in [6, 6.07) is 0.616. The highest BCUT2D eigenvalue weighted by molar-refractivity contribution is 5.75. The average Bonchev–Trinajstić information content (AvgIpc) is 2.35. The topological polar surface area (TPSA) is 41.1 Å². The summed E-state index contributed by atoms with van der Waals surface area (Å²) in [4.78, 5) is 11.1. The van der Waals surface area contributed by atoms with Gasteiger partial charge in [-0.05, 0) is 25.2 Å². The number of rotatable bonds is 6. The van der Waals surface area contributed by atoms with E-state index in [1.165, 1.54) is 38.5 Å². The zero-order chi connectivity index (χ0) is 11.8. The van der Waals surface area contributed by atoms with E-state index in [4.69, 9.17) is 0 Å². The predicted octanol–water partition coefficient (Wildman–Crippen LogP) is 2.07. The normalized spacial score (nSPS) is 19.4. The molecule has 3 nitrogen and oxygen atoms in total. The molecule has 94 valence electrons. The maximum absolute atomic E-state index is 11.1. The van der Waals surface area contributed by atoms with Crippen molar-refractivity contribution in [1.82, 2.24) is 10.6 Å². The van der Waals surface area contributed by atoms with Crippen molar-refractivity contribution in [3.63, 3.8) is 0 Å². The van der Waals surface area contributed by atoms with E-state index in [1.54, 1.807) is 7.05 Å². The van der Waals surface area contributed by atoms with Crippen molar-refractivity contribution in [2.75, 3.05) is 13.6 Å². The van der Waals surface area contributed by atoms with E-state index in [2.05, 4.69) is 17.6 Å². The van der Waals surface area contributed by atoms with Gasteiger partial charge in [-0.15, -0.1) is 0 Å². The van der Waals surface area contributed by atoms with E-state index >= 15 is 0 Å². The lowest BCUT2D eigenvalue weighted by Gasteiger charge is -2.30. The minimum atomic E-state index is 0.131. The fourth-order valence-corrected chi connectivity index (χ4v) is 2.68. The first-order valence-electron chi connectivity index (χ1n) is 6.72. The van der Waals surface area contributed by atoms with Crippen molar-refractivity contribution in [2.24, 2.45) is 5.92 Å². The minimum absolute atomic E-state index is 0.131. The highest BCUT2D eigenvalue weighted by Crippen LogP contribution is 2.27. The Morgan fingerprint density at radius 2 is 2.00 bits per heavy atom. The number of hydrogen-bond acceptors (Lipinski definition) is 2. The van der Waals surface area contributed by atoms with E-state index in [1.807, 2.05) is 0 Å². The van der Waals surface area contributed by atoms with Crippen LogP contribution in [0.15, 0.2) is 0 Å². The van der Waals surface area contributed by atoms with Crippen LogP contribution in [0.5, 0.6) is 0 Å². The first-order chi connectivity index (χ1) is 7.77. The third-order valence-corrected chi connectivity index (χ3v) is 3.70. The molecule has 0 aliphatic heterocycles. The van der Waals surface area contributed by atoms with Crippen LogP contribution in [0.25, 0.3) is 0 Å². The number of nitrogens with one attached hydrogen (secondary N) is 2. The monoisotopic (exact) mass is 226 g/mol. The molecular formula is C13H26N2O. The molecule has 1 saturated carbocycles. The summed E-state index contributed by atoms with van der Waals surface area (Å²) < 4.78 is 0. The Morgan fingerprint density at radius 1 is 1.31 bits per heavy atom. The van der Waals surface area contributed by atoms with E-state index in [-0.39, 0.29) is 5.91 Å². The smallest absolute Gasteiger partial charge is 0.221 e. The Kier molecular flexibility index (Phi) is 6.46. The van der Waals surface area contributed by atoms with Crippen LogP contribution in [-0.2, 0) is 4.79 Å². The van der Waals surface area contributed by atoms with Gasteiger partial charge in [0.15, 0.2) is 0 Å². The Morgan fingerprint density at radius 3 is 2.56 bits per heavy atom. The van der Waals surface area contributed by atoms with Gasteiger partial charge in [0.2, 0.25) is 5.91 Å². The van der Waals surface area contributed by atoms with Crippen LogP contribution in [0.4, 0.5) is 0 Å². The maximum atomic E-state index is 11.1. The molecule has 1 amide bonds. The lowest BCUT2D eigenvalue weighted by Crippen LogP contribution is -2.38. The van der Waals surface area contributed by atoms with E-state index in [9.17, 15) is 4.79 Å². The quantitative estimate of drug-likeness (QED) is 0.728. The number of hydrogen-bond donors (Lipinski definition) is 2. The minimum Gasteiger partial charge on any atom is -0.359 e. The van der Waals surface area contributed by atoms with Crippen LogP contribution in [0.3, 0.4) is 0 Å². The Hall–Kier alpha value is -0.570. The van der Waals surface area contributed by atoms with Gasteiger partial charge in [0.25, 0.3) is 0 Å². The Labute approximate surface area is 99.4 Å². The molecule has 0 spiro atoms. The number of amides is 1. The van der Waals surface area contributed by atoms with Crippen molar-refractivity contribution < 1.29 is 4.79 Å². The largest absolute Gasteiger partial charge is 0.359 e. The third kappa shape index (κ3) is 4.52. The van der Waals surface area contributed by atoms with Crippen molar-refractivity contribution in [1.29, 1.82) is 0 Å².